The summed E-state index contributed by atoms with van der Waals surface area (Å²) in [4.78, 5) is 11.5. The predicted molar refractivity (Wildman–Crippen MR) is 52.9 cm³/mol. The zero-order valence-electron chi connectivity index (χ0n) is 7.32. The first-order chi connectivity index (χ1) is 6.29. The smallest absolute Gasteiger partial charge is 0.303 e. The van der Waals surface area contributed by atoms with Crippen LogP contribution in [-0.4, -0.2) is 17.6 Å². The minimum absolute atomic E-state index is 0.247. The maximum atomic E-state index is 10.2. The first kappa shape index (κ1) is 10.2. The zero-order valence-corrected chi connectivity index (χ0v) is 8.14. The van der Waals surface area contributed by atoms with Gasteiger partial charge < -0.3 is 10.4 Å². The number of rotatable bonds is 6. The number of carboxylic acids is 1. The molecular formula is C9H13NO2S. The van der Waals surface area contributed by atoms with Crippen molar-refractivity contribution in [3.63, 3.8) is 0 Å². The standard InChI is InChI=1S/C9H13NO2S/c11-9(12)4-1-5-10-7-8-3-2-6-13-8/h2-3,6,10H,1,4-5,7H2,(H,11,12). The summed E-state index contributed by atoms with van der Waals surface area (Å²) in [6.45, 7) is 1.61. The Hall–Kier alpha value is -0.870. The third kappa shape index (κ3) is 4.65. The Labute approximate surface area is 81.4 Å². The van der Waals surface area contributed by atoms with Crippen molar-refractivity contribution in [2.75, 3.05) is 6.54 Å². The lowest BCUT2D eigenvalue weighted by molar-refractivity contribution is -0.137. The van der Waals surface area contributed by atoms with Crippen LogP contribution in [0.1, 0.15) is 17.7 Å². The van der Waals surface area contributed by atoms with Gasteiger partial charge in [-0.1, -0.05) is 6.07 Å². The van der Waals surface area contributed by atoms with Crippen LogP contribution in [0.5, 0.6) is 0 Å². The molecule has 1 aromatic rings. The topological polar surface area (TPSA) is 49.3 Å². The lowest BCUT2D eigenvalue weighted by Gasteiger charge is -2.00. The van der Waals surface area contributed by atoms with Crippen molar-refractivity contribution >= 4 is 17.3 Å². The molecule has 1 aromatic heterocycles. The largest absolute Gasteiger partial charge is 0.481 e. The molecule has 0 aliphatic heterocycles. The molecule has 0 atom stereocenters. The molecule has 0 unspecified atom stereocenters. The highest BCUT2D eigenvalue weighted by Crippen LogP contribution is 2.07. The molecule has 0 aliphatic carbocycles. The SMILES string of the molecule is O=C(O)CCCNCc1cccs1. The van der Waals surface area contributed by atoms with Crippen molar-refractivity contribution in [3.05, 3.63) is 22.4 Å². The summed E-state index contributed by atoms with van der Waals surface area (Å²) in [5, 5.41) is 13.6. The molecule has 0 aliphatic rings. The van der Waals surface area contributed by atoms with Gasteiger partial charge in [-0.05, 0) is 24.4 Å². The predicted octanol–water partition coefficient (Wildman–Crippen LogP) is 1.70. The van der Waals surface area contributed by atoms with E-state index in [-0.39, 0.29) is 6.42 Å². The van der Waals surface area contributed by atoms with Gasteiger partial charge in [-0.25, -0.2) is 0 Å². The fraction of sp³-hybridized carbons (Fsp3) is 0.444. The van der Waals surface area contributed by atoms with Gasteiger partial charge >= 0.3 is 5.97 Å². The van der Waals surface area contributed by atoms with Gasteiger partial charge in [0.15, 0.2) is 0 Å². The van der Waals surface area contributed by atoms with Crippen LogP contribution >= 0.6 is 11.3 Å². The van der Waals surface area contributed by atoms with E-state index in [9.17, 15) is 4.79 Å². The summed E-state index contributed by atoms with van der Waals surface area (Å²) in [6.07, 6.45) is 0.943. The van der Waals surface area contributed by atoms with E-state index in [2.05, 4.69) is 11.4 Å². The summed E-state index contributed by atoms with van der Waals surface area (Å²) in [5.41, 5.74) is 0. The molecule has 72 valence electrons. The van der Waals surface area contributed by atoms with Gasteiger partial charge in [0.2, 0.25) is 0 Å². The lowest BCUT2D eigenvalue weighted by atomic mass is 10.3. The quantitative estimate of drug-likeness (QED) is 0.686. The molecule has 2 N–H and O–H groups in total. The van der Waals surface area contributed by atoms with E-state index in [1.54, 1.807) is 11.3 Å². The van der Waals surface area contributed by atoms with E-state index in [4.69, 9.17) is 5.11 Å². The molecule has 1 rings (SSSR count). The van der Waals surface area contributed by atoms with Crippen LogP contribution in [0.15, 0.2) is 17.5 Å². The summed E-state index contributed by atoms with van der Waals surface area (Å²) in [5.74, 6) is -0.724. The van der Waals surface area contributed by atoms with E-state index >= 15 is 0 Å². The Bertz CT molecular complexity index is 246. The van der Waals surface area contributed by atoms with Crippen molar-refractivity contribution in [2.45, 2.75) is 19.4 Å². The molecule has 4 heteroatoms. The molecule has 0 amide bonds. The average molecular weight is 199 g/mol. The minimum atomic E-state index is -0.724. The fourth-order valence-electron chi connectivity index (χ4n) is 0.989. The molecule has 0 bridgehead atoms. The molecule has 0 aromatic carbocycles. The van der Waals surface area contributed by atoms with E-state index in [0.717, 1.165) is 13.1 Å². The maximum absolute atomic E-state index is 10.2. The Kier molecular flexibility index (Phi) is 4.49. The molecule has 0 radical (unpaired) electrons. The highest BCUT2D eigenvalue weighted by Gasteiger charge is 1.96. The fourth-order valence-corrected chi connectivity index (χ4v) is 1.66. The Balaban J connectivity index is 1.99. The van der Waals surface area contributed by atoms with Crippen molar-refractivity contribution in [2.24, 2.45) is 0 Å². The van der Waals surface area contributed by atoms with Crippen molar-refractivity contribution in [3.8, 4) is 0 Å². The van der Waals surface area contributed by atoms with E-state index in [1.165, 1.54) is 4.88 Å². The number of carbonyl (C=O) groups is 1. The van der Waals surface area contributed by atoms with Gasteiger partial charge in [0.1, 0.15) is 0 Å². The second kappa shape index (κ2) is 5.72. The monoisotopic (exact) mass is 199 g/mol. The van der Waals surface area contributed by atoms with Gasteiger partial charge in [-0.15, -0.1) is 11.3 Å². The second-order valence-corrected chi connectivity index (χ2v) is 3.79. The third-order valence-corrected chi connectivity index (χ3v) is 2.50. The van der Waals surface area contributed by atoms with Crippen molar-refractivity contribution in [1.82, 2.24) is 5.32 Å². The summed E-state index contributed by atoms with van der Waals surface area (Å²) < 4.78 is 0. The van der Waals surface area contributed by atoms with Crippen LogP contribution in [0.2, 0.25) is 0 Å². The van der Waals surface area contributed by atoms with E-state index in [0.29, 0.717) is 6.42 Å². The molecule has 3 nitrogen and oxygen atoms in total. The maximum Gasteiger partial charge on any atom is 0.303 e. The molecule has 0 fully saturated rings. The minimum Gasteiger partial charge on any atom is -0.481 e. The number of hydrogen-bond acceptors (Lipinski definition) is 3. The lowest BCUT2D eigenvalue weighted by Crippen LogP contribution is -2.14. The number of aliphatic carboxylic acids is 1. The van der Waals surface area contributed by atoms with Crippen LogP contribution in [0.4, 0.5) is 0 Å². The summed E-state index contributed by atoms with van der Waals surface area (Å²) >= 11 is 1.71. The highest BCUT2D eigenvalue weighted by molar-refractivity contribution is 7.09. The van der Waals surface area contributed by atoms with Crippen LogP contribution in [0.3, 0.4) is 0 Å². The number of hydrogen-bond donors (Lipinski definition) is 2. The molecular weight excluding hydrogens is 186 g/mol. The van der Waals surface area contributed by atoms with Crippen LogP contribution in [0, 0.1) is 0 Å². The van der Waals surface area contributed by atoms with Crippen molar-refractivity contribution < 1.29 is 9.90 Å². The van der Waals surface area contributed by atoms with Crippen LogP contribution in [0.25, 0.3) is 0 Å². The molecule has 0 spiro atoms. The molecule has 13 heavy (non-hydrogen) atoms. The Morgan fingerprint density at radius 1 is 1.62 bits per heavy atom. The van der Waals surface area contributed by atoms with Gasteiger partial charge in [0.25, 0.3) is 0 Å². The van der Waals surface area contributed by atoms with Gasteiger partial charge in [0.05, 0.1) is 0 Å². The van der Waals surface area contributed by atoms with Crippen molar-refractivity contribution in [1.29, 1.82) is 0 Å². The summed E-state index contributed by atoms with van der Waals surface area (Å²) in [6, 6.07) is 4.08. The normalized spacial score (nSPS) is 10.2. The zero-order chi connectivity index (χ0) is 9.52. The molecule has 1 heterocycles. The van der Waals surface area contributed by atoms with Gasteiger partial charge in [-0.3, -0.25) is 4.79 Å². The Morgan fingerprint density at radius 3 is 3.08 bits per heavy atom. The molecule has 0 saturated carbocycles. The average Bonchev–Trinajstić information content (AvgIpc) is 2.55. The first-order valence-corrected chi connectivity index (χ1v) is 5.12. The first-order valence-electron chi connectivity index (χ1n) is 4.24. The highest BCUT2D eigenvalue weighted by atomic mass is 32.1. The third-order valence-electron chi connectivity index (χ3n) is 1.62. The van der Waals surface area contributed by atoms with E-state index in [1.807, 2.05) is 11.4 Å². The summed E-state index contributed by atoms with van der Waals surface area (Å²) in [7, 11) is 0. The van der Waals surface area contributed by atoms with Crippen LogP contribution in [-0.2, 0) is 11.3 Å². The number of thiophene rings is 1. The number of carboxylic acid groups (broad SMARTS) is 1. The van der Waals surface area contributed by atoms with Gasteiger partial charge in [-0.2, -0.15) is 0 Å². The van der Waals surface area contributed by atoms with Gasteiger partial charge in [0, 0.05) is 17.8 Å². The van der Waals surface area contributed by atoms with Crippen LogP contribution < -0.4 is 5.32 Å². The Morgan fingerprint density at radius 2 is 2.46 bits per heavy atom. The second-order valence-electron chi connectivity index (χ2n) is 2.75. The number of nitrogens with one attached hydrogen (secondary N) is 1. The van der Waals surface area contributed by atoms with E-state index < -0.39 is 5.97 Å². The molecule has 0 saturated heterocycles.